The molecule has 0 amide bonds. The monoisotopic (exact) mass is 310 g/mol. The van der Waals surface area contributed by atoms with Gasteiger partial charge < -0.3 is 5.32 Å². The molecule has 4 heteroatoms. The first-order chi connectivity index (χ1) is 8.25. The maximum absolute atomic E-state index is 4.01. The first kappa shape index (κ1) is 12.7. The van der Waals surface area contributed by atoms with Crippen LogP contribution in [-0.4, -0.2) is 11.5 Å². The first-order valence-corrected chi connectivity index (χ1v) is 7.24. The number of hydrogen-bond acceptors (Lipinski definition) is 3. The average molecular weight is 311 g/mol. The van der Waals surface area contributed by atoms with E-state index in [-0.39, 0.29) is 0 Å². The van der Waals surface area contributed by atoms with E-state index in [2.05, 4.69) is 57.4 Å². The van der Waals surface area contributed by atoms with Gasteiger partial charge in [-0.25, -0.2) is 0 Å². The molecule has 0 aliphatic rings. The standard InChI is InChI=1S/C13H15BrN2S/c1-10(12-2-3-13(14)17-12)16-9-6-11-4-7-15-8-5-11/h2-5,7-8,10,16H,6,9H2,1H3. The van der Waals surface area contributed by atoms with E-state index in [1.54, 1.807) is 11.3 Å². The summed E-state index contributed by atoms with van der Waals surface area (Å²) >= 11 is 5.28. The summed E-state index contributed by atoms with van der Waals surface area (Å²) < 4.78 is 1.19. The molecule has 1 N–H and O–H groups in total. The fourth-order valence-corrected chi connectivity index (χ4v) is 3.09. The number of aromatic nitrogens is 1. The van der Waals surface area contributed by atoms with E-state index < -0.39 is 0 Å². The zero-order valence-electron chi connectivity index (χ0n) is 9.69. The third kappa shape index (κ3) is 3.91. The molecule has 0 aliphatic heterocycles. The Labute approximate surface area is 114 Å². The molecule has 0 radical (unpaired) electrons. The highest BCUT2D eigenvalue weighted by Gasteiger charge is 2.06. The predicted octanol–water partition coefficient (Wildman–Crippen LogP) is 3.80. The van der Waals surface area contributed by atoms with Gasteiger partial charge in [0.15, 0.2) is 0 Å². The van der Waals surface area contributed by atoms with E-state index >= 15 is 0 Å². The van der Waals surface area contributed by atoms with Crippen molar-refractivity contribution in [2.24, 2.45) is 0 Å². The highest BCUT2D eigenvalue weighted by atomic mass is 79.9. The van der Waals surface area contributed by atoms with Crippen LogP contribution in [0.1, 0.15) is 23.4 Å². The molecule has 1 atom stereocenters. The van der Waals surface area contributed by atoms with Gasteiger partial charge in [0.1, 0.15) is 0 Å². The minimum absolute atomic E-state index is 0.410. The topological polar surface area (TPSA) is 24.9 Å². The summed E-state index contributed by atoms with van der Waals surface area (Å²) in [4.78, 5) is 5.38. The SMILES string of the molecule is CC(NCCc1ccncc1)c1ccc(Br)s1. The van der Waals surface area contributed by atoms with Crippen LogP contribution in [-0.2, 0) is 6.42 Å². The molecule has 2 aromatic rings. The molecule has 0 spiro atoms. The molecule has 0 saturated carbocycles. The Balaban J connectivity index is 1.79. The van der Waals surface area contributed by atoms with E-state index in [9.17, 15) is 0 Å². The van der Waals surface area contributed by atoms with Crippen LogP contribution in [0.3, 0.4) is 0 Å². The van der Waals surface area contributed by atoms with Crippen molar-refractivity contribution in [3.8, 4) is 0 Å². The second kappa shape index (κ2) is 6.28. The Morgan fingerprint density at radius 1 is 1.29 bits per heavy atom. The van der Waals surface area contributed by atoms with Crippen molar-refractivity contribution in [3.63, 3.8) is 0 Å². The number of halogens is 1. The Hall–Kier alpha value is -0.710. The lowest BCUT2D eigenvalue weighted by atomic mass is 10.2. The van der Waals surface area contributed by atoms with Gasteiger partial charge >= 0.3 is 0 Å². The summed E-state index contributed by atoms with van der Waals surface area (Å²) in [6, 6.07) is 8.80. The molecule has 0 aliphatic carbocycles. The van der Waals surface area contributed by atoms with Crippen molar-refractivity contribution in [1.29, 1.82) is 0 Å². The number of thiophene rings is 1. The van der Waals surface area contributed by atoms with Gasteiger partial charge in [0.2, 0.25) is 0 Å². The smallest absolute Gasteiger partial charge is 0.0701 e. The van der Waals surface area contributed by atoms with Crippen LogP contribution in [0, 0.1) is 0 Å². The molecule has 0 fully saturated rings. The summed E-state index contributed by atoms with van der Waals surface area (Å²) in [5, 5.41) is 3.53. The van der Waals surface area contributed by atoms with Crippen LogP contribution in [0.4, 0.5) is 0 Å². The third-order valence-electron chi connectivity index (χ3n) is 2.63. The third-order valence-corrected chi connectivity index (χ3v) is 4.44. The number of hydrogen-bond donors (Lipinski definition) is 1. The summed E-state index contributed by atoms with van der Waals surface area (Å²) in [5.41, 5.74) is 1.33. The number of rotatable bonds is 5. The summed E-state index contributed by atoms with van der Waals surface area (Å²) in [7, 11) is 0. The van der Waals surface area contributed by atoms with Crippen LogP contribution >= 0.6 is 27.3 Å². The van der Waals surface area contributed by atoms with Gasteiger partial charge in [-0.2, -0.15) is 0 Å². The van der Waals surface area contributed by atoms with Crippen LogP contribution in [0.2, 0.25) is 0 Å². The van der Waals surface area contributed by atoms with Crippen LogP contribution in [0.5, 0.6) is 0 Å². The fraction of sp³-hybridized carbons (Fsp3) is 0.308. The van der Waals surface area contributed by atoms with Gasteiger partial charge in [-0.15, -0.1) is 11.3 Å². The Kier molecular flexibility index (Phi) is 4.71. The average Bonchev–Trinajstić information content (AvgIpc) is 2.77. The van der Waals surface area contributed by atoms with Crippen LogP contribution < -0.4 is 5.32 Å². The fourth-order valence-electron chi connectivity index (χ4n) is 1.64. The number of pyridine rings is 1. The molecule has 0 saturated heterocycles. The largest absolute Gasteiger partial charge is 0.309 e. The van der Waals surface area contributed by atoms with Crippen molar-refractivity contribution in [2.45, 2.75) is 19.4 Å². The van der Waals surface area contributed by atoms with E-state index in [4.69, 9.17) is 0 Å². The highest BCUT2D eigenvalue weighted by molar-refractivity contribution is 9.11. The Bertz CT molecular complexity index is 455. The molecule has 17 heavy (non-hydrogen) atoms. The van der Waals surface area contributed by atoms with E-state index in [1.807, 2.05) is 12.4 Å². The maximum atomic E-state index is 4.01. The van der Waals surface area contributed by atoms with E-state index in [1.165, 1.54) is 14.2 Å². The number of nitrogens with zero attached hydrogens (tertiary/aromatic N) is 1. The zero-order chi connectivity index (χ0) is 12.1. The van der Waals surface area contributed by atoms with Gasteiger partial charge in [0.25, 0.3) is 0 Å². The molecule has 0 bridgehead atoms. The van der Waals surface area contributed by atoms with Gasteiger partial charge in [0, 0.05) is 23.3 Å². The van der Waals surface area contributed by atoms with E-state index in [0.717, 1.165) is 13.0 Å². The lowest BCUT2D eigenvalue weighted by Crippen LogP contribution is -2.20. The molecule has 2 nitrogen and oxygen atoms in total. The minimum Gasteiger partial charge on any atom is -0.309 e. The molecular formula is C13H15BrN2S. The summed E-state index contributed by atoms with van der Waals surface area (Å²) in [5.74, 6) is 0. The van der Waals surface area contributed by atoms with Gasteiger partial charge in [0.05, 0.1) is 3.79 Å². The minimum atomic E-state index is 0.410. The summed E-state index contributed by atoms with van der Waals surface area (Å²) in [6.07, 6.45) is 4.73. The summed E-state index contributed by atoms with van der Waals surface area (Å²) in [6.45, 7) is 3.19. The second-order valence-corrected chi connectivity index (χ2v) is 6.42. The van der Waals surface area contributed by atoms with Crippen molar-refractivity contribution in [1.82, 2.24) is 10.3 Å². The molecule has 0 aromatic carbocycles. The lowest BCUT2D eigenvalue weighted by molar-refractivity contribution is 0.584. The molecule has 2 rings (SSSR count). The molecule has 2 aromatic heterocycles. The van der Waals surface area contributed by atoms with Gasteiger partial charge in [-0.3, -0.25) is 4.98 Å². The Morgan fingerprint density at radius 2 is 2.06 bits per heavy atom. The molecule has 90 valence electrons. The zero-order valence-corrected chi connectivity index (χ0v) is 12.1. The molecule has 1 unspecified atom stereocenters. The normalized spacial score (nSPS) is 12.6. The van der Waals surface area contributed by atoms with Crippen molar-refractivity contribution in [2.75, 3.05) is 6.54 Å². The van der Waals surface area contributed by atoms with Crippen LogP contribution in [0.25, 0.3) is 0 Å². The second-order valence-electron chi connectivity index (χ2n) is 3.92. The van der Waals surface area contributed by atoms with Gasteiger partial charge in [-0.05, 0) is 65.6 Å². The van der Waals surface area contributed by atoms with Crippen LogP contribution in [0.15, 0.2) is 40.4 Å². The molecule has 2 heterocycles. The molecular weight excluding hydrogens is 296 g/mol. The number of nitrogens with one attached hydrogen (secondary N) is 1. The van der Waals surface area contributed by atoms with Crippen molar-refractivity contribution in [3.05, 3.63) is 50.9 Å². The predicted molar refractivity (Wildman–Crippen MR) is 76.4 cm³/mol. The first-order valence-electron chi connectivity index (χ1n) is 5.63. The maximum Gasteiger partial charge on any atom is 0.0701 e. The van der Waals surface area contributed by atoms with Gasteiger partial charge in [-0.1, -0.05) is 0 Å². The van der Waals surface area contributed by atoms with E-state index in [0.29, 0.717) is 6.04 Å². The Morgan fingerprint density at radius 3 is 2.71 bits per heavy atom. The highest BCUT2D eigenvalue weighted by Crippen LogP contribution is 2.26. The quantitative estimate of drug-likeness (QED) is 0.908. The van der Waals surface area contributed by atoms with Crippen molar-refractivity contribution >= 4 is 27.3 Å². The lowest BCUT2D eigenvalue weighted by Gasteiger charge is -2.11. The van der Waals surface area contributed by atoms with Crippen molar-refractivity contribution < 1.29 is 0 Å².